The quantitative estimate of drug-likeness (QED) is 0.795. The van der Waals surface area contributed by atoms with Gasteiger partial charge in [-0.15, -0.1) is 0 Å². The van der Waals surface area contributed by atoms with Crippen molar-refractivity contribution in [3.8, 4) is 5.75 Å². The van der Waals surface area contributed by atoms with E-state index in [1.807, 2.05) is 19.1 Å². The molecule has 0 fully saturated rings. The highest BCUT2D eigenvalue weighted by atomic mass is 32.2. The second-order valence-electron chi connectivity index (χ2n) is 5.23. The molecular weight excluding hydrogens is 300 g/mol. The van der Waals surface area contributed by atoms with Crippen LogP contribution in [0.1, 0.15) is 22.8 Å². The number of sulfone groups is 1. The number of rotatable bonds is 5. The maximum absolute atomic E-state index is 12.3. The molecule has 0 saturated heterocycles. The van der Waals surface area contributed by atoms with Crippen LogP contribution in [0.5, 0.6) is 5.75 Å². The van der Waals surface area contributed by atoms with Crippen molar-refractivity contribution in [1.82, 2.24) is 0 Å². The van der Waals surface area contributed by atoms with E-state index >= 15 is 0 Å². The lowest BCUT2D eigenvalue weighted by Crippen LogP contribution is -2.23. The van der Waals surface area contributed by atoms with Crippen molar-refractivity contribution >= 4 is 15.6 Å². The van der Waals surface area contributed by atoms with Crippen LogP contribution < -0.4 is 4.74 Å². The molecule has 0 N–H and O–H groups in total. The largest absolute Gasteiger partial charge is 0.483 e. The Bertz CT molecular complexity index is 759. The Balaban J connectivity index is 2.10. The van der Waals surface area contributed by atoms with Gasteiger partial charge in [0.2, 0.25) is 5.78 Å². The molecule has 0 spiro atoms. The Labute approximate surface area is 130 Å². The first kappa shape index (κ1) is 16.2. The molecule has 2 aromatic carbocycles. The van der Waals surface area contributed by atoms with Crippen LogP contribution in [0.15, 0.2) is 53.4 Å². The molecule has 1 unspecified atom stereocenters. The summed E-state index contributed by atoms with van der Waals surface area (Å²) >= 11 is 0. The normalized spacial score (nSPS) is 12.7. The lowest BCUT2D eigenvalue weighted by atomic mass is 10.1. The molecule has 2 rings (SSSR count). The Morgan fingerprint density at radius 1 is 1.00 bits per heavy atom. The van der Waals surface area contributed by atoms with E-state index in [2.05, 4.69) is 0 Å². The maximum Gasteiger partial charge on any atom is 0.202 e. The third kappa shape index (κ3) is 3.95. The van der Waals surface area contributed by atoms with Crippen molar-refractivity contribution in [2.45, 2.75) is 24.8 Å². The molecule has 5 heteroatoms. The summed E-state index contributed by atoms with van der Waals surface area (Å²) in [5.41, 5.74) is 1.67. The lowest BCUT2D eigenvalue weighted by Gasteiger charge is -2.14. The summed E-state index contributed by atoms with van der Waals surface area (Å²) < 4.78 is 28.4. The molecule has 22 heavy (non-hydrogen) atoms. The minimum Gasteiger partial charge on any atom is -0.483 e. The predicted molar refractivity (Wildman–Crippen MR) is 85.2 cm³/mol. The van der Waals surface area contributed by atoms with Crippen LogP contribution in [0.3, 0.4) is 0 Å². The zero-order valence-electron chi connectivity index (χ0n) is 12.7. The van der Waals surface area contributed by atoms with Gasteiger partial charge in [0.25, 0.3) is 0 Å². The maximum atomic E-state index is 12.3. The summed E-state index contributed by atoms with van der Waals surface area (Å²) in [5, 5.41) is 0. The Kier molecular flexibility index (Phi) is 4.66. The van der Waals surface area contributed by atoms with Gasteiger partial charge in [-0.05, 0) is 38.1 Å². The molecule has 0 aliphatic rings. The molecule has 0 radical (unpaired) electrons. The third-order valence-corrected chi connectivity index (χ3v) is 4.40. The molecule has 4 nitrogen and oxygen atoms in total. The molecule has 116 valence electrons. The number of ketones is 1. The number of carbonyl (C=O) groups is 1. The molecule has 2 aromatic rings. The molecule has 0 saturated carbocycles. The van der Waals surface area contributed by atoms with E-state index in [-0.39, 0.29) is 10.7 Å². The summed E-state index contributed by atoms with van der Waals surface area (Å²) in [5.74, 6) is 0.340. The highest BCUT2D eigenvalue weighted by Crippen LogP contribution is 2.18. The molecule has 0 amide bonds. The minimum absolute atomic E-state index is 0.118. The summed E-state index contributed by atoms with van der Waals surface area (Å²) in [7, 11) is -3.23. The highest BCUT2D eigenvalue weighted by Gasteiger charge is 2.17. The standard InChI is InChI=1S/C17H18O4S/c1-12-4-6-14(7-5-12)17(18)13(2)21-15-8-10-16(11-9-15)22(3,19)20/h4-11,13H,1-3H3. The zero-order chi connectivity index (χ0) is 16.3. The van der Waals surface area contributed by atoms with E-state index < -0.39 is 15.9 Å². The van der Waals surface area contributed by atoms with Gasteiger partial charge in [-0.3, -0.25) is 4.79 Å². The van der Waals surface area contributed by atoms with Crippen molar-refractivity contribution in [2.24, 2.45) is 0 Å². The number of carbonyl (C=O) groups excluding carboxylic acids is 1. The fourth-order valence-corrected chi connectivity index (χ4v) is 2.61. The zero-order valence-corrected chi connectivity index (χ0v) is 13.6. The molecule has 1 atom stereocenters. The first-order valence-electron chi connectivity index (χ1n) is 6.85. The van der Waals surface area contributed by atoms with Crippen molar-refractivity contribution in [3.05, 3.63) is 59.7 Å². The predicted octanol–water partition coefficient (Wildman–Crippen LogP) is 3.05. The van der Waals surface area contributed by atoms with Gasteiger partial charge < -0.3 is 4.74 Å². The van der Waals surface area contributed by atoms with Gasteiger partial charge in [-0.25, -0.2) is 8.42 Å². The fourth-order valence-electron chi connectivity index (χ4n) is 1.98. The Hall–Kier alpha value is -2.14. The lowest BCUT2D eigenvalue weighted by molar-refractivity contribution is 0.0818. The van der Waals surface area contributed by atoms with Crippen molar-refractivity contribution < 1.29 is 17.9 Å². The Morgan fingerprint density at radius 2 is 1.55 bits per heavy atom. The van der Waals surface area contributed by atoms with Crippen molar-refractivity contribution in [1.29, 1.82) is 0 Å². The summed E-state index contributed by atoms with van der Waals surface area (Å²) in [6.07, 6.45) is 0.499. The van der Waals surface area contributed by atoms with Gasteiger partial charge >= 0.3 is 0 Å². The molecule has 0 bridgehead atoms. The van der Waals surface area contributed by atoms with Gasteiger partial charge in [0.15, 0.2) is 15.9 Å². The average molecular weight is 318 g/mol. The van der Waals surface area contributed by atoms with Crippen LogP contribution in [0.2, 0.25) is 0 Å². The van der Waals surface area contributed by atoms with E-state index in [1.165, 1.54) is 12.1 Å². The van der Waals surface area contributed by atoms with Crippen LogP contribution in [0, 0.1) is 6.92 Å². The smallest absolute Gasteiger partial charge is 0.202 e. The number of ether oxygens (including phenoxy) is 1. The van der Waals surface area contributed by atoms with Crippen LogP contribution in [0.25, 0.3) is 0 Å². The second-order valence-corrected chi connectivity index (χ2v) is 7.25. The monoisotopic (exact) mass is 318 g/mol. The molecule has 0 heterocycles. The molecule has 0 aromatic heterocycles. The number of hydrogen-bond acceptors (Lipinski definition) is 4. The van der Waals surface area contributed by atoms with Crippen LogP contribution in [0.4, 0.5) is 0 Å². The fraction of sp³-hybridized carbons (Fsp3) is 0.235. The van der Waals surface area contributed by atoms with E-state index in [9.17, 15) is 13.2 Å². The first-order chi connectivity index (χ1) is 10.3. The minimum atomic E-state index is -3.23. The Morgan fingerprint density at radius 3 is 2.05 bits per heavy atom. The number of Topliss-reactive ketones (excluding diaryl/α,β-unsaturated/α-hetero) is 1. The van der Waals surface area contributed by atoms with Crippen molar-refractivity contribution in [2.75, 3.05) is 6.26 Å². The summed E-state index contributed by atoms with van der Waals surface area (Å²) in [4.78, 5) is 12.5. The van der Waals surface area contributed by atoms with Gasteiger partial charge in [0.1, 0.15) is 5.75 Å². The second kappa shape index (κ2) is 6.32. The van der Waals surface area contributed by atoms with E-state index in [0.29, 0.717) is 11.3 Å². The van der Waals surface area contributed by atoms with Gasteiger partial charge in [-0.1, -0.05) is 29.8 Å². The SMILES string of the molecule is Cc1ccc(C(=O)C(C)Oc2ccc(S(C)(=O)=O)cc2)cc1. The third-order valence-electron chi connectivity index (χ3n) is 3.27. The van der Waals surface area contributed by atoms with Crippen LogP contribution in [-0.2, 0) is 9.84 Å². The van der Waals surface area contributed by atoms with Gasteiger partial charge in [-0.2, -0.15) is 0 Å². The average Bonchev–Trinajstić information content (AvgIpc) is 2.47. The van der Waals surface area contributed by atoms with E-state index in [4.69, 9.17) is 4.74 Å². The molecule has 0 aliphatic heterocycles. The van der Waals surface area contributed by atoms with Gasteiger partial charge in [0.05, 0.1) is 4.90 Å². The first-order valence-corrected chi connectivity index (χ1v) is 8.74. The van der Waals surface area contributed by atoms with Crippen LogP contribution in [-0.4, -0.2) is 26.6 Å². The van der Waals surface area contributed by atoms with Crippen molar-refractivity contribution in [3.63, 3.8) is 0 Å². The topological polar surface area (TPSA) is 60.4 Å². The summed E-state index contributed by atoms with van der Waals surface area (Å²) in [6.45, 7) is 3.63. The van der Waals surface area contributed by atoms with Crippen LogP contribution >= 0.6 is 0 Å². The summed E-state index contributed by atoms with van der Waals surface area (Å²) in [6, 6.07) is 13.3. The number of aryl methyl sites for hydroxylation is 1. The number of hydrogen-bond donors (Lipinski definition) is 0. The molecule has 0 aliphatic carbocycles. The number of benzene rings is 2. The molecular formula is C17H18O4S. The van der Waals surface area contributed by atoms with E-state index in [1.54, 1.807) is 31.2 Å². The van der Waals surface area contributed by atoms with Gasteiger partial charge in [0, 0.05) is 11.8 Å². The highest BCUT2D eigenvalue weighted by molar-refractivity contribution is 7.90. The van der Waals surface area contributed by atoms with E-state index in [0.717, 1.165) is 11.8 Å².